The summed E-state index contributed by atoms with van der Waals surface area (Å²) >= 11 is 3.38. The first-order valence-electron chi connectivity index (χ1n) is 6.03. The molecule has 0 spiro atoms. The lowest BCUT2D eigenvalue weighted by Gasteiger charge is -2.02. The summed E-state index contributed by atoms with van der Waals surface area (Å²) in [5, 5.41) is 20.8. The summed E-state index contributed by atoms with van der Waals surface area (Å²) in [6, 6.07) is 0. The maximum absolute atomic E-state index is 4.08. The van der Waals surface area contributed by atoms with E-state index >= 15 is 0 Å². The third kappa shape index (κ3) is 3.34. The summed E-state index contributed by atoms with van der Waals surface area (Å²) in [7, 11) is 0. The highest BCUT2D eigenvalue weighted by atomic mass is 79.9. The van der Waals surface area contributed by atoms with Crippen molar-refractivity contribution in [2.75, 3.05) is 5.33 Å². The molecule has 2 aromatic heterocycles. The summed E-state index contributed by atoms with van der Waals surface area (Å²) in [6.07, 6.45) is 5.00. The quantitative estimate of drug-likeness (QED) is 0.714. The molecule has 7 nitrogen and oxygen atoms in total. The largest absolute Gasteiger partial charge is 0.245 e. The van der Waals surface area contributed by atoms with Crippen LogP contribution in [0.5, 0.6) is 0 Å². The number of unbranched alkanes of at least 4 members (excludes halogenated alkanes) is 1. The van der Waals surface area contributed by atoms with E-state index in [4.69, 9.17) is 0 Å². The van der Waals surface area contributed by atoms with Gasteiger partial charge in [-0.1, -0.05) is 34.5 Å². The Hall–Kier alpha value is -1.31. The molecule has 0 atom stereocenters. The van der Waals surface area contributed by atoms with E-state index in [0.29, 0.717) is 6.54 Å². The van der Waals surface area contributed by atoms with Crippen molar-refractivity contribution >= 4 is 15.9 Å². The summed E-state index contributed by atoms with van der Waals surface area (Å²) in [4.78, 5) is 0. The van der Waals surface area contributed by atoms with Gasteiger partial charge in [0, 0.05) is 24.5 Å². The van der Waals surface area contributed by atoms with Gasteiger partial charge in [-0.15, -0.1) is 10.2 Å². The minimum Gasteiger partial charge on any atom is -0.245 e. The van der Waals surface area contributed by atoms with E-state index < -0.39 is 0 Å². The highest BCUT2D eigenvalue weighted by Gasteiger charge is 2.08. The molecule has 0 unspecified atom stereocenters. The molecule has 2 heterocycles. The maximum atomic E-state index is 4.08. The van der Waals surface area contributed by atoms with E-state index in [1.54, 1.807) is 4.68 Å². The van der Waals surface area contributed by atoms with Gasteiger partial charge in [0.2, 0.25) is 0 Å². The zero-order chi connectivity index (χ0) is 12.8. The molecule has 0 fully saturated rings. The second-order valence-electron chi connectivity index (χ2n) is 4.02. The van der Waals surface area contributed by atoms with Crippen LogP contribution in [-0.4, -0.2) is 40.5 Å². The number of hydrogen-bond acceptors (Lipinski definition) is 5. The number of tetrazole rings is 1. The Morgan fingerprint density at radius 3 is 2.94 bits per heavy atom. The molecule has 0 aliphatic heterocycles. The Morgan fingerprint density at radius 2 is 2.17 bits per heavy atom. The van der Waals surface area contributed by atoms with E-state index in [2.05, 4.69) is 48.7 Å². The van der Waals surface area contributed by atoms with Gasteiger partial charge in [0.15, 0.2) is 5.82 Å². The summed E-state index contributed by atoms with van der Waals surface area (Å²) < 4.78 is 3.60. The van der Waals surface area contributed by atoms with Gasteiger partial charge in [-0.2, -0.15) is 0 Å². The summed E-state index contributed by atoms with van der Waals surface area (Å²) in [6.45, 7) is 3.56. The number of hydrogen-bond donors (Lipinski definition) is 0. The molecule has 0 N–H and O–H groups in total. The summed E-state index contributed by atoms with van der Waals surface area (Å²) in [5.41, 5.74) is 0.972. The molecule has 0 aliphatic rings. The van der Waals surface area contributed by atoms with Crippen LogP contribution < -0.4 is 0 Å². The molecule has 0 saturated carbocycles. The van der Waals surface area contributed by atoms with Crippen molar-refractivity contribution in [3.63, 3.8) is 0 Å². The van der Waals surface area contributed by atoms with Crippen molar-refractivity contribution in [3.05, 3.63) is 17.7 Å². The molecule has 18 heavy (non-hydrogen) atoms. The first kappa shape index (κ1) is 13.1. The third-order valence-electron chi connectivity index (χ3n) is 2.57. The standard InChI is InChI=1S/C10H16BrN7/c1-2-3-6-18-10(13-14-16-18)8-17-7-9(4-5-11)12-15-17/h7H,2-6,8H2,1H3. The van der Waals surface area contributed by atoms with Crippen LogP contribution in [0.15, 0.2) is 6.20 Å². The predicted octanol–water partition coefficient (Wildman–Crippen LogP) is 1.05. The highest BCUT2D eigenvalue weighted by Crippen LogP contribution is 2.02. The van der Waals surface area contributed by atoms with Crippen molar-refractivity contribution in [2.45, 2.75) is 39.3 Å². The highest BCUT2D eigenvalue weighted by molar-refractivity contribution is 9.09. The molecule has 0 radical (unpaired) electrons. The fraction of sp³-hybridized carbons (Fsp3) is 0.700. The molecule has 98 valence electrons. The van der Waals surface area contributed by atoms with Crippen LogP contribution in [0, 0.1) is 0 Å². The lowest BCUT2D eigenvalue weighted by Crippen LogP contribution is -2.10. The lowest BCUT2D eigenvalue weighted by molar-refractivity contribution is 0.511. The second-order valence-corrected chi connectivity index (χ2v) is 4.81. The number of alkyl halides is 1. The second kappa shape index (κ2) is 6.58. The monoisotopic (exact) mass is 313 g/mol. The minimum atomic E-state index is 0.562. The Kier molecular flexibility index (Phi) is 4.80. The number of aryl methyl sites for hydroxylation is 2. The van der Waals surface area contributed by atoms with Crippen LogP contribution in [0.3, 0.4) is 0 Å². The molecule has 2 aromatic rings. The number of nitrogens with zero attached hydrogens (tertiary/aromatic N) is 7. The normalized spacial score (nSPS) is 11.0. The molecule has 0 saturated heterocycles. The van der Waals surface area contributed by atoms with Crippen LogP contribution in [0.1, 0.15) is 31.3 Å². The Balaban J connectivity index is 2.01. The Bertz CT molecular complexity index is 478. The van der Waals surface area contributed by atoms with Crippen LogP contribution in [-0.2, 0) is 19.5 Å². The zero-order valence-electron chi connectivity index (χ0n) is 10.3. The lowest BCUT2D eigenvalue weighted by atomic mass is 10.3. The van der Waals surface area contributed by atoms with Crippen LogP contribution in [0.2, 0.25) is 0 Å². The molecule has 2 rings (SSSR count). The van der Waals surface area contributed by atoms with E-state index in [-0.39, 0.29) is 0 Å². The third-order valence-corrected chi connectivity index (χ3v) is 2.97. The van der Waals surface area contributed by atoms with Crippen molar-refractivity contribution in [1.82, 2.24) is 35.2 Å². The average molecular weight is 314 g/mol. The molecule has 8 heteroatoms. The van der Waals surface area contributed by atoms with Crippen molar-refractivity contribution < 1.29 is 0 Å². The van der Waals surface area contributed by atoms with Crippen molar-refractivity contribution in [1.29, 1.82) is 0 Å². The fourth-order valence-corrected chi connectivity index (χ4v) is 2.00. The Labute approximate surface area is 114 Å². The molecule has 0 amide bonds. The molecular weight excluding hydrogens is 298 g/mol. The minimum absolute atomic E-state index is 0.562. The van der Waals surface area contributed by atoms with Gasteiger partial charge in [0.1, 0.15) is 6.54 Å². The predicted molar refractivity (Wildman–Crippen MR) is 69.3 cm³/mol. The fourth-order valence-electron chi connectivity index (χ4n) is 1.59. The van der Waals surface area contributed by atoms with Gasteiger partial charge in [-0.25, -0.2) is 9.36 Å². The van der Waals surface area contributed by atoms with Crippen molar-refractivity contribution in [2.24, 2.45) is 0 Å². The van der Waals surface area contributed by atoms with Gasteiger partial charge >= 0.3 is 0 Å². The molecule has 0 aromatic carbocycles. The van der Waals surface area contributed by atoms with E-state index in [1.165, 1.54) is 0 Å². The topological polar surface area (TPSA) is 74.3 Å². The summed E-state index contributed by atoms with van der Waals surface area (Å²) in [5.74, 6) is 0.818. The van der Waals surface area contributed by atoms with Crippen LogP contribution in [0.25, 0.3) is 0 Å². The van der Waals surface area contributed by atoms with Crippen molar-refractivity contribution in [3.8, 4) is 0 Å². The molecular formula is C10H16BrN7. The van der Waals surface area contributed by atoms with E-state index in [9.17, 15) is 0 Å². The van der Waals surface area contributed by atoms with Crippen LogP contribution >= 0.6 is 15.9 Å². The number of halogens is 1. The van der Waals surface area contributed by atoms with E-state index in [1.807, 2.05) is 10.9 Å². The van der Waals surface area contributed by atoms with Gasteiger partial charge < -0.3 is 0 Å². The zero-order valence-corrected chi connectivity index (χ0v) is 11.9. The SMILES string of the molecule is CCCCn1nnnc1Cn1cc(CCBr)nn1. The first-order valence-corrected chi connectivity index (χ1v) is 7.15. The smallest absolute Gasteiger partial charge is 0.172 e. The maximum Gasteiger partial charge on any atom is 0.172 e. The first-order chi connectivity index (χ1) is 8.83. The Morgan fingerprint density at radius 1 is 1.28 bits per heavy atom. The van der Waals surface area contributed by atoms with Crippen LogP contribution in [0.4, 0.5) is 0 Å². The average Bonchev–Trinajstić information content (AvgIpc) is 2.98. The number of aromatic nitrogens is 7. The number of rotatable bonds is 7. The van der Waals surface area contributed by atoms with E-state index in [0.717, 1.165) is 42.7 Å². The van der Waals surface area contributed by atoms with Gasteiger partial charge in [-0.3, -0.25) is 0 Å². The van der Waals surface area contributed by atoms with Gasteiger partial charge in [0.25, 0.3) is 0 Å². The molecule has 0 bridgehead atoms. The van der Waals surface area contributed by atoms with Gasteiger partial charge in [0.05, 0.1) is 5.69 Å². The van der Waals surface area contributed by atoms with Gasteiger partial charge in [-0.05, 0) is 16.8 Å². The molecule has 0 aliphatic carbocycles.